The summed E-state index contributed by atoms with van der Waals surface area (Å²) in [4.78, 5) is 9.95. The molecule has 0 saturated carbocycles. The first-order valence-electron chi connectivity index (χ1n) is 7.90. The van der Waals surface area contributed by atoms with Crippen LogP contribution >= 0.6 is 35.3 Å². The van der Waals surface area contributed by atoms with Crippen LogP contribution in [0.25, 0.3) is 0 Å². The van der Waals surface area contributed by atoms with Crippen molar-refractivity contribution in [1.29, 1.82) is 0 Å². The summed E-state index contributed by atoms with van der Waals surface area (Å²) in [6.07, 6.45) is 1.69. The van der Waals surface area contributed by atoms with E-state index in [1.807, 2.05) is 0 Å². The number of aromatic nitrogens is 2. The summed E-state index contributed by atoms with van der Waals surface area (Å²) < 4.78 is 5.24. The topological polar surface area (TPSA) is 75.3 Å². The largest absolute Gasteiger partial charge is 0.356 e. The first-order valence-corrected chi connectivity index (χ1v) is 8.78. The zero-order valence-corrected chi connectivity index (χ0v) is 17.8. The summed E-state index contributed by atoms with van der Waals surface area (Å²) in [5, 5.41) is 12.7. The summed E-state index contributed by atoms with van der Waals surface area (Å²) in [6.45, 7) is 7.84. The second-order valence-electron chi connectivity index (χ2n) is 5.68. The van der Waals surface area contributed by atoms with E-state index in [9.17, 15) is 0 Å². The lowest BCUT2D eigenvalue weighted by atomic mass is 10.2. The minimum Gasteiger partial charge on any atom is -0.356 e. The molecule has 0 amide bonds. The smallest absolute Gasteiger partial charge is 0.226 e. The number of rotatable bonds is 7. The number of nitrogens with zero attached hydrogens (tertiary/aromatic N) is 3. The first kappa shape index (κ1) is 20.9. The van der Waals surface area contributed by atoms with Crippen LogP contribution in [0.3, 0.4) is 0 Å². The van der Waals surface area contributed by atoms with Gasteiger partial charge in [-0.3, -0.25) is 4.99 Å². The van der Waals surface area contributed by atoms with Crippen molar-refractivity contribution >= 4 is 41.3 Å². The van der Waals surface area contributed by atoms with E-state index < -0.39 is 0 Å². The van der Waals surface area contributed by atoms with E-state index in [0.717, 1.165) is 37.7 Å². The normalized spacial score (nSPS) is 11.5. The summed E-state index contributed by atoms with van der Waals surface area (Å²) >= 11 is 1.76. The van der Waals surface area contributed by atoms with Crippen molar-refractivity contribution in [3.05, 3.63) is 33.6 Å². The Labute approximate surface area is 164 Å². The number of hydrogen-bond acceptors (Lipinski definition) is 5. The van der Waals surface area contributed by atoms with Gasteiger partial charge in [0.25, 0.3) is 0 Å². The second-order valence-corrected chi connectivity index (χ2v) is 6.68. The van der Waals surface area contributed by atoms with E-state index in [4.69, 9.17) is 4.52 Å². The Balaban J connectivity index is 0.00000288. The van der Waals surface area contributed by atoms with Gasteiger partial charge in [0.05, 0.1) is 6.54 Å². The third kappa shape index (κ3) is 6.39. The highest BCUT2D eigenvalue weighted by Crippen LogP contribution is 2.14. The van der Waals surface area contributed by atoms with E-state index in [1.54, 1.807) is 18.4 Å². The number of nitrogens with one attached hydrogen (secondary N) is 2. The maximum atomic E-state index is 5.24. The fraction of sp³-hybridized carbons (Fsp3) is 0.562. The van der Waals surface area contributed by atoms with Gasteiger partial charge in [0.15, 0.2) is 11.8 Å². The molecule has 0 aromatic carbocycles. The standard InChI is InChI=1S/C16H25N5OS.HI/c1-11(2)15-20-14(22-21-15)6-5-8-18-16(17-4)19-10-13-12(3)7-9-23-13;/h7,9,11H,5-6,8,10H2,1-4H3,(H2,17,18,19);1H. The van der Waals surface area contributed by atoms with E-state index >= 15 is 0 Å². The van der Waals surface area contributed by atoms with Gasteiger partial charge < -0.3 is 15.2 Å². The first-order chi connectivity index (χ1) is 11.1. The predicted octanol–water partition coefficient (Wildman–Crippen LogP) is 3.48. The maximum Gasteiger partial charge on any atom is 0.226 e. The SMILES string of the molecule is CN=C(NCCCc1nc(C(C)C)no1)NCc1sccc1C.I. The van der Waals surface area contributed by atoms with Crippen molar-refractivity contribution < 1.29 is 4.52 Å². The van der Waals surface area contributed by atoms with Gasteiger partial charge in [-0.05, 0) is 30.4 Å². The number of aryl methyl sites for hydroxylation is 2. The highest BCUT2D eigenvalue weighted by Gasteiger charge is 2.09. The molecule has 0 radical (unpaired) electrons. The monoisotopic (exact) mass is 463 g/mol. The molecule has 24 heavy (non-hydrogen) atoms. The number of guanidine groups is 1. The minimum absolute atomic E-state index is 0. The van der Waals surface area contributed by atoms with Crippen LogP contribution in [0.5, 0.6) is 0 Å². The fourth-order valence-electron chi connectivity index (χ4n) is 2.02. The molecule has 2 aromatic rings. The molecule has 134 valence electrons. The van der Waals surface area contributed by atoms with Gasteiger partial charge in [-0.15, -0.1) is 35.3 Å². The predicted molar refractivity (Wildman–Crippen MR) is 109 cm³/mol. The fourth-order valence-corrected chi connectivity index (χ4v) is 2.87. The third-order valence-corrected chi connectivity index (χ3v) is 4.49. The lowest BCUT2D eigenvalue weighted by Crippen LogP contribution is -2.37. The molecule has 0 aliphatic heterocycles. The summed E-state index contributed by atoms with van der Waals surface area (Å²) in [7, 11) is 1.78. The maximum absolute atomic E-state index is 5.24. The molecule has 0 bridgehead atoms. The number of hydrogen-bond donors (Lipinski definition) is 2. The summed E-state index contributed by atoms with van der Waals surface area (Å²) in [6, 6.07) is 2.13. The Morgan fingerprint density at radius 2 is 2.17 bits per heavy atom. The molecule has 2 rings (SSSR count). The lowest BCUT2D eigenvalue weighted by Gasteiger charge is -2.11. The lowest BCUT2D eigenvalue weighted by molar-refractivity contribution is 0.368. The van der Waals surface area contributed by atoms with Crippen LogP contribution in [-0.4, -0.2) is 29.7 Å². The van der Waals surface area contributed by atoms with Crippen LogP contribution in [0, 0.1) is 6.92 Å². The highest BCUT2D eigenvalue weighted by atomic mass is 127. The Morgan fingerprint density at radius 3 is 2.75 bits per heavy atom. The van der Waals surface area contributed by atoms with Gasteiger partial charge in [-0.1, -0.05) is 19.0 Å². The third-order valence-electron chi connectivity index (χ3n) is 3.47. The van der Waals surface area contributed by atoms with E-state index in [0.29, 0.717) is 11.8 Å². The van der Waals surface area contributed by atoms with Gasteiger partial charge in [-0.2, -0.15) is 4.98 Å². The molecule has 2 N–H and O–H groups in total. The molecule has 0 aliphatic rings. The summed E-state index contributed by atoms with van der Waals surface area (Å²) in [5.74, 6) is 2.59. The van der Waals surface area contributed by atoms with Crippen LogP contribution in [0.15, 0.2) is 21.0 Å². The highest BCUT2D eigenvalue weighted by molar-refractivity contribution is 14.0. The van der Waals surface area contributed by atoms with Gasteiger partial charge in [0.1, 0.15) is 0 Å². The van der Waals surface area contributed by atoms with E-state index in [2.05, 4.69) is 58.0 Å². The van der Waals surface area contributed by atoms with Gasteiger partial charge >= 0.3 is 0 Å². The van der Waals surface area contributed by atoms with Crippen LogP contribution in [0.2, 0.25) is 0 Å². The van der Waals surface area contributed by atoms with Gasteiger partial charge in [0.2, 0.25) is 5.89 Å². The van der Waals surface area contributed by atoms with Crippen molar-refractivity contribution in [2.24, 2.45) is 4.99 Å². The zero-order chi connectivity index (χ0) is 16.7. The van der Waals surface area contributed by atoms with Crippen molar-refractivity contribution in [1.82, 2.24) is 20.8 Å². The zero-order valence-electron chi connectivity index (χ0n) is 14.6. The second kappa shape index (κ2) is 10.7. The molecule has 6 nitrogen and oxygen atoms in total. The molecule has 0 fully saturated rings. The van der Waals surface area contributed by atoms with Crippen molar-refractivity contribution in [3.63, 3.8) is 0 Å². The number of thiophene rings is 1. The Hall–Kier alpha value is -1.16. The van der Waals surface area contributed by atoms with Gasteiger partial charge in [0, 0.05) is 30.8 Å². The van der Waals surface area contributed by atoms with Gasteiger partial charge in [-0.25, -0.2) is 0 Å². The number of aliphatic imine (C=N–C) groups is 1. The summed E-state index contributed by atoms with van der Waals surface area (Å²) in [5.41, 5.74) is 1.32. The molecular weight excluding hydrogens is 437 g/mol. The molecule has 0 aliphatic carbocycles. The Morgan fingerprint density at radius 1 is 1.38 bits per heavy atom. The van der Waals surface area contributed by atoms with Crippen molar-refractivity contribution in [2.75, 3.05) is 13.6 Å². The number of halogens is 1. The molecule has 0 unspecified atom stereocenters. The van der Waals surface area contributed by atoms with Crippen LogP contribution < -0.4 is 10.6 Å². The average molecular weight is 463 g/mol. The molecule has 2 heterocycles. The molecular formula is C16H26IN5OS. The van der Waals surface area contributed by atoms with Crippen molar-refractivity contribution in [3.8, 4) is 0 Å². The van der Waals surface area contributed by atoms with Crippen molar-refractivity contribution in [2.45, 2.75) is 46.1 Å². The molecule has 0 atom stereocenters. The Bertz CT molecular complexity index is 638. The van der Waals surface area contributed by atoms with E-state index in [1.165, 1.54) is 10.4 Å². The Kier molecular flexibility index (Phi) is 9.27. The molecule has 0 saturated heterocycles. The minimum atomic E-state index is 0. The van der Waals surface area contributed by atoms with Crippen LogP contribution in [-0.2, 0) is 13.0 Å². The molecule has 8 heteroatoms. The molecule has 0 spiro atoms. The average Bonchev–Trinajstić information content (AvgIpc) is 3.16. The quantitative estimate of drug-likeness (QED) is 0.285. The molecule has 2 aromatic heterocycles. The van der Waals surface area contributed by atoms with Crippen LogP contribution in [0.4, 0.5) is 0 Å². The van der Waals surface area contributed by atoms with Crippen LogP contribution in [0.1, 0.15) is 48.3 Å². The van der Waals surface area contributed by atoms with E-state index in [-0.39, 0.29) is 24.0 Å².